The molecule has 7 heteroatoms. The summed E-state index contributed by atoms with van der Waals surface area (Å²) in [6.07, 6.45) is 0. The number of nitrogens with zero attached hydrogens (tertiary/aromatic N) is 2. The smallest absolute Gasteiger partial charge is 0.203 e. The molecular weight excluding hydrogens is 421 g/mol. The lowest BCUT2D eigenvalue weighted by Gasteiger charge is -2.08. The molecule has 4 rings (SSSR count). The van der Waals surface area contributed by atoms with E-state index in [1.807, 2.05) is 42.5 Å². The number of carbonyl (C=O) groups is 1. The summed E-state index contributed by atoms with van der Waals surface area (Å²) in [5.74, 6) is 0.655. The monoisotopic (exact) mass is 439 g/mol. The minimum atomic E-state index is -0.107. The molecule has 0 aliphatic carbocycles. The van der Waals surface area contributed by atoms with Crippen LogP contribution in [0.1, 0.15) is 10.4 Å². The molecule has 5 nitrogen and oxygen atoms in total. The van der Waals surface area contributed by atoms with Crippen molar-refractivity contribution in [2.75, 3.05) is 6.61 Å². The predicted molar refractivity (Wildman–Crippen MR) is 119 cm³/mol. The summed E-state index contributed by atoms with van der Waals surface area (Å²) >= 11 is 12.4. The number of hydrogen-bond donors (Lipinski definition) is 1. The normalized spacial score (nSPS) is 11.0. The number of fused-ring (bicyclic) bond motifs is 1. The van der Waals surface area contributed by atoms with Gasteiger partial charge in [0.25, 0.3) is 0 Å². The summed E-state index contributed by atoms with van der Waals surface area (Å²) in [4.78, 5) is 12.8. The third-order valence-corrected chi connectivity index (χ3v) is 5.39. The van der Waals surface area contributed by atoms with E-state index in [1.165, 1.54) is 0 Å². The van der Waals surface area contributed by atoms with E-state index >= 15 is 0 Å². The predicted octanol–water partition coefficient (Wildman–Crippen LogP) is 5.19. The fraction of sp³-hybridized carbons (Fsp3) is 0.130. The molecule has 0 saturated heterocycles. The molecule has 0 amide bonds. The van der Waals surface area contributed by atoms with Crippen LogP contribution in [-0.2, 0) is 13.1 Å². The van der Waals surface area contributed by atoms with Gasteiger partial charge in [0.1, 0.15) is 12.4 Å². The summed E-state index contributed by atoms with van der Waals surface area (Å²) in [5, 5.41) is 9.78. The first-order valence-electron chi connectivity index (χ1n) is 9.43. The van der Waals surface area contributed by atoms with Gasteiger partial charge in [-0.3, -0.25) is 10.2 Å². The highest BCUT2D eigenvalue weighted by atomic mass is 35.5. The summed E-state index contributed by atoms with van der Waals surface area (Å²) in [7, 11) is 0. The maximum atomic E-state index is 12.8. The minimum Gasteiger partial charge on any atom is -0.492 e. The van der Waals surface area contributed by atoms with E-state index in [0.29, 0.717) is 34.3 Å². The average molecular weight is 440 g/mol. The Kier molecular flexibility index (Phi) is 5.93. The van der Waals surface area contributed by atoms with Crippen molar-refractivity contribution in [3.05, 3.63) is 94.0 Å². The van der Waals surface area contributed by atoms with Crippen LogP contribution >= 0.6 is 23.2 Å². The number of rotatable bonds is 7. The van der Waals surface area contributed by atoms with Crippen molar-refractivity contribution in [1.29, 1.82) is 5.41 Å². The molecule has 3 aromatic carbocycles. The van der Waals surface area contributed by atoms with Crippen molar-refractivity contribution in [2.45, 2.75) is 13.1 Å². The van der Waals surface area contributed by atoms with Gasteiger partial charge in [0.05, 0.1) is 29.1 Å². The first-order valence-corrected chi connectivity index (χ1v) is 10.2. The van der Waals surface area contributed by atoms with Gasteiger partial charge >= 0.3 is 0 Å². The number of carbonyl (C=O) groups excluding carboxylic acids is 1. The molecular formula is C23H19Cl2N3O2. The van der Waals surface area contributed by atoms with E-state index in [2.05, 4.69) is 0 Å². The molecule has 30 heavy (non-hydrogen) atoms. The Morgan fingerprint density at radius 2 is 1.63 bits per heavy atom. The second-order valence-corrected chi connectivity index (χ2v) is 7.60. The van der Waals surface area contributed by atoms with Crippen LogP contribution in [0.15, 0.2) is 72.8 Å². The van der Waals surface area contributed by atoms with Crippen molar-refractivity contribution in [2.24, 2.45) is 0 Å². The molecule has 1 heterocycles. The molecule has 0 atom stereocenters. The highest BCUT2D eigenvalue weighted by molar-refractivity contribution is 6.35. The third-order valence-electron chi connectivity index (χ3n) is 4.83. The number of ether oxygens (including phenoxy) is 1. The van der Waals surface area contributed by atoms with Gasteiger partial charge in [0, 0.05) is 10.6 Å². The maximum Gasteiger partial charge on any atom is 0.203 e. The lowest BCUT2D eigenvalue weighted by Crippen LogP contribution is -2.28. The number of aromatic nitrogens is 2. The summed E-state index contributed by atoms with van der Waals surface area (Å²) < 4.78 is 9.23. The van der Waals surface area contributed by atoms with Gasteiger partial charge in [-0.15, -0.1) is 0 Å². The van der Waals surface area contributed by atoms with E-state index in [1.54, 1.807) is 39.5 Å². The average Bonchev–Trinajstić information content (AvgIpc) is 3.02. The van der Waals surface area contributed by atoms with Gasteiger partial charge in [-0.1, -0.05) is 47.5 Å². The maximum absolute atomic E-state index is 12.8. The number of hydrogen-bond acceptors (Lipinski definition) is 3. The van der Waals surface area contributed by atoms with Crippen LogP contribution in [-0.4, -0.2) is 21.5 Å². The lowest BCUT2D eigenvalue weighted by atomic mass is 10.1. The van der Waals surface area contributed by atoms with E-state index in [9.17, 15) is 4.79 Å². The minimum absolute atomic E-state index is 0.0316. The molecule has 0 bridgehead atoms. The zero-order valence-corrected chi connectivity index (χ0v) is 17.5. The largest absolute Gasteiger partial charge is 0.492 e. The number of para-hydroxylation sites is 2. The van der Waals surface area contributed by atoms with Crippen molar-refractivity contribution < 1.29 is 9.53 Å². The van der Waals surface area contributed by atoms with Gasteiger partial charge in [0.2, 0.25) is 5.62 Å². The Balaban J connectivity index is 1.64. The molecule has 0 unspecified atom stereocenters. The molecule has 0 aliphatic rings. The fourth-order valence-corrected chi connectivity index (χ4v) is 3.77. The second-order valence-electron chi connectivity index (χ2n) is 6.76. The molecule has 4 aromatic rings. The van der Waals surface area contributed by atoms with Crippen LogP contribution in [0.5, 0.6) is 5.75 Å². The van der Waals surface area contributed by atoms with Gasteiger partial charge in [0.15, 0.2) is 5.78 Å². The summed E-state index contributed by atoms with van der Waals surface area (Å²) in [6, 6.07) is 21.7. The zero-order chi connectivity index (χ0) is 21.1. The molecule has 1 N–H and O–H groups in total. The SMILES string of the molecule is N=c1n(CC(=O)c2ccc(Cl)cc2)c2cccc(Cl)c2n1CCOc1ccccc1. The Morgan fingerprint density at radius 1 is 0.900 bits per heavy atom. The highest BCUT2D eigenvalue weighted by Gasteiger charge is 2.16. The number of halogens is 2. The standard InChI is InChI=1S/C23H19Cl2N3O2/c24-17-11-9-16(10-12-17)21(29)15-28-20-8-4-7-19(25)22(20)27(23(28)26)13-14-30-18-5-2-1-3-6-18/h1-12,26H,13-15H2. The van der Waals surface area contributed by atoms with Gasteiger partial charge < -0.3 is 13.9 Å². The van der Waals surface area contributed by atoms with Crippen molar-refractivity contribution in [3.8, 4) is 5.75 Å². The van der Waals surface area contributed by atoms with Crippen molar-refractivity contribution >= 4 is 40.0 Å². The number of imidazole rings is 1. The van der Waals surface area contributed by atoms with Crippen LogP contribution < -0.4 is 10.4 Å². The Labute approximate surface area is 183 Å². The van der Waals surface area contributed by atoms with Crippen molar-refractivity contribution in [1.82, 2.24) is 9.13 Å². The van der Waals surface area contributed by atoms with E-state index in [4.69, 9.17) is 33.3 Å². The number of benzene rings is 3. The Hall–Kier alpha value is -3.02. The van der Waals surface area contributed by atoms with Crippen molar-refractivity contribution in [3.63, 3.8) is 0 Å². The first-order chi connectivity index (χ1) is 14.5. The molecule has 0 saturated carbocycles. The van der Waals surface area contributed by atoms with E-state index in [0.717, 1.165) is 11.3 Å². The van der Waals surface area contributed by atoms with Crippen LogP contribution in [0.25, 0.3) is 11.0 Å². The van der Waals surface area contributed by atoms with Crippen LogP contribution in [0.2, 0.25) is 10.0 Å². The molecule has 0 aliphatic heterocycles. The molecule has 0 fully saturated rings. The highest BCUT2D eigenvalue weighted by Crippen LogP contribution is 2.23. The second kappa shape index (κ2) is 8.78. The molecule has 152 valence electrons. The third kappa shape index (κ3) is 4.13. The quantitative estimate of drug-likeness (QED) is 0.402. The lowest BCUT2D eigenvalue weighted by molar-refractivity contribution is 0.0971. The number of nitrogens with one attached hydrogen (secondary N) is 1. The van der Waals surface area contributed by atoms with Gasteiger partial charge in [-0.25, -0.2) is 0 Å². The summed E-state index contributed by atoms with van der Waals surface area (Å²) in [6.45, 7) is 0.829. The Bertz CT molecular complexity index is 1250. The Morgan fingerprint density at radius 3 is 2.37 bits per heavy atom. The number of Topliss-reactive ketones (excluding diaryl/α,β-unsaturated/α-hetero) is 1. The van der Waals surface area contributed by atoms with Crippen LogP contribution in [0.3, 0.4) is 0 Å². The van der Waals surface area contributed by atoms with Gasteiger partial charge in [-0.2, -0.15) is 0 Å². The first kappa shape index (κ1) is 20.3. The topological polar surface area (TPSA) is 60.0 Å². The van der Waals surface area contributed by atoms with E-state index < -0.39 is 0 Å². The van der Waals surface area contributed by atoms with Crippen LogP contribution in [0, 0.1) is 5.41 Å². The zero-order valence-electron chi connectivity index (χ0n) is 16.0. The van der Waals surface area contributed by atoms with E-state index in [-0.39, 0.29) is 17.9 Å². The summed E-state index contributed by atoms with van der Waals surface area (Å²) in [5.41, 5.74) is 2.18. The molecule has 0 spiro atoms. The number of ketones is 1. The fourth-order valence-electron chi connectivity index (χ4n) is 3.37. The molecule has 0 radical (unpaired) electrons. The van der Waals surface area contributed by atoms with Gasteiger partial charge in [-0.05, 0) is 48.5 Å². The molecule has 1 aromatic heterocycles. The van der Waals surface area contributed by atoms with Crippen LogP contribution in [0.4, 0.5) is 0 Å².